The maximum absolute atomic E-state index is 12.6. The molecule has 24 heavy (non-hydrogen) atoms. The molecule has 2 atom stereocenters. The Labute approximate surface area is 144 Å². The van der Waals surface area contributed by atoms with Crippen LogP contribution in [0.1, 0.15) is 50.0 Å². The molecule has 0 aliphatic carbocycles. The molecule has 0 radical (unpaired) electrons. The van der Waals surface area contributed by atoms with E-state index in [1.165, 1.54) is 0 Å². The van der Waals surface area contributed by atoms with Gasteiger partial charge >= 0.3 is 6.09 Å². The zero-order valence-electron chi connectivity index (χ0n) is 15.3. The van der Waals surface area contributed by atoms with Crippen molar-refractivity contribution in [3.63, 3.8) is 0 Å². The molecule has 0 bridgehead atoms. The molecule has 1 aromatic carbocycles. The van der Waals surface area contributed by atoms with E-state index in [0.29, 0.717) is 18.7 Å². The molecule has 0 spiro atoms. The summed E-state index contributed by atoms with van der Waals surface area (Å²) in [5, 5.41) is 2.93. The fourth-order valence-electron chi connectivity index (χ4n) is 2.88. The van der Waals surface area contributed by atoms with Crippen LogP contribution in [0.15, 0.2) is 24.3 Å². The number of benzene rings is 1. The largest absolute Gasteiger partial charge is 0.444 e. The van der Waals surface area contributed by atoms with Gasteiger partial charge in [-0.3, -0.25) is 4.79 Å². The highest BCUT2D eigenvalue weighted by Crippen LogP contribution is 2.20. The number of carbonyl (C=O) groups is 2. The summed E-state index contributed by atoms with van der Waals surface area (Å²) in [5.74, 6) is 0.234. The number of piperidine rings is 1. The Hall–Kier alpha value is -2.04. The van der Waals surface area contributed by atoms with Crippen LogP contribution >= 0.6 is 0 Å². The maximum Gasteiger partial charge on any atom is 0.407 e. The Morgan fingerprint density at radius 3 is 2.38 bits per heavy atom. The summed E-state index contributed by atoms with van der Waals surface area (Å²) in [6, 6.07) is 7.67. The number of amides is 2. The molecule has 1 N–H and O–H groups in total. The van der Waals surface area contributed by atoms with Crippen molar-refractivity contribution < 1.29 is 14.3 Å². The Morgan fingerprint density at radius 2 is 1.83 bits per heavy atom. The van der Waals surface area contributed by atoms with Gasteiger partial charge in [0.2, 0.25) is 0 Å². The fraction of sp³-hybridized carbons (Fsp3) is 0.579. The molecule has 1 aliphatic heterocycles. The van der Waals surface area contributed by atoms with Gasteiger partial charge in [-0.25, -0.2) is 4.79 Å². The number of likely N-dealkylation sites (tertiary alicyclic amines) is 1. The minimum absolute atomic E-state index is 0.0296. The van der Waals surface area contributed by atoms with Gasteiger partial charge in [0.1, 0.15) is 5.60 Å². The van der Waals surface area contributed by atoms with Gasteiger partial charge in [0, 0.05) is 24.7 Å². The van der Waals surface area contributed by atoms with E-state index in [0.717, 1.165) is 12.0 Å². The molecule has 132 valence electrons. The molecule has 2 amide bonds. The average molecular weight is 332 g/mol. The summed E-state index contributed by atoms with van der Waals surface area (Å²) in [6.07, 6.45) is 0.343. The molecule has 5 nitrogen and oxygen atoms in total. The Kier molecular flexibility index (Phi) is 5.52. The van der Waals surface area contributed by atoms with Crippen molar-refractivity contribution in [1.29, 1.82) is 0 Å². The molecule has 0 unspecified atom stereocenters. The van der Waals surface area contributed by atoms with Crippen molar-refractivity contribution in [1.82, 2.24) is 10.2 Å². The third-order valence-corrected chi connectivity index (χ3v) is 4.19. The van der Waals surface area contributed by atoms with E-state index in [4.69, 9.17) is 4.74 Å². The minimum Gasteiger partial charge on any atom is -0.444 e. The van der Waals surface area contributed by atoms with Crippen LogP contribution in [0, 0.1) is 12.8 Å². The number of aryl methyl sites for hydroxylation is 1. The first kappa shape index (κ1) is 18.3. The fourth-order valence-corrected chi connectivity index (χ4v) is 2.88. The van der Waals surface area contributed by atoms with Crippen molar-refractivity contribution in [2.45, 2.75) is 52.7 Å². The lowest BCUT2D eigenvalue weighted by atomic mass is 9.93. The van der Waals surface area contributed by atoms with Crippen LogP contribution in [-0.4, -0.2) is 41.6 Å². The number of hydrogen-bond acceptors (Lipinski definition) is 3. The number of alkyl carbamates (subject to hydrolysis) is 1. The second-order valence-electron chi connectivity index (χ2n) is 7.64. The molecule has 1 aliphatic rings. The van der Waals surface area contributed by atoms with Gasteiger partial charge in [-0.05, 0) is 52.2 Å². The van der Waals surface area contributed by atoms with Gasteiger partial charge in [0.25, 0.3) is 5.91 Å². The van der Waals surface area contributed by atoms with Crippen LogP contribution in [-0.2, 0) is 4.74 Å². The van der Waals surface area contributed by atoms with Gasteiger partial charge in [-0.15, -0.1) is 0 Å². The third kappa shape index (κ3) is 4.98. The number of nitrogens with zero attached hydrogens (tertiary/aromatic N) is 1. The molecule has 0 aromatic heterocycles. The quantitative estimate of drug-likeness (QED) is 0.903. The lowest BCUT2D eigenvalue weighted by Crippen LogP contribution is -2.52. The van der Waals surface area contributed by atoms with Crippen molar-refractivity contribution in [2.24, 2.45) is 5.92 Å². The standard InChI is InChI=1S/C19H28N2O3/c1-13-6-8-15(9-7-13)17(22)21-11-10-16(14(2)12-21)20-18(23)24-19(3,4)5/h6-9,14,16H,10-12H2,1-5H3,(H,20,23)/t14-,16-/m0/s1. The first-order chi connectivity index (χ1) is 11.2. The SMILES string of the molecule is Cc1ccc(C(=O)N2CC[C@H](NC(=O)OC(C)(C)C)[C@@H](C)C2)cc1. The predicted molar refractivity (Wildman–Crippen MR) is 94.0 cm³/mol. The Morgan fingerprint density at radius 1 is 1.21 bits per heavy atom. The zero-order valence-corrected chi connectivity index (χ0v) is 15.3. The zero-order chi connectivity index (χ0) is 17.9. The molecule has 0 saturated carbocycles. The van der Waals surface area contributed by atoms with E-state index in [9.17, 15) is 9.59 Å². The summed E-state index contributed by atoms with van der Waals surface area (Å²) in [5.41, 5.74) is 1.35. The summed E-state index contributed by atoms with van der Waals surface area (Å²) >= 11 is 0. The van der Waals surface area contributed by atoms with Crippen molar-refractivity contribution in [3.8, 4) is 0 Å². The molecule has 5 heteroatoms. The molecule has 1 heterocycles. The lowest BCUT2D eigenvalue weighted by molar-refractivity contribution is 0.0431. The van der Waals surface area contributed by atoms with E-state index in [1.54, 1.807) is 0 Å². The van der Waals surface area contributed by atoms with Crippen molar-refractivity contribution >= 4 is 12.0 Å². The smallest absolute Gasteiger partial charge is 0.407 e. The lowest BCUT2D eigenvalue weighted by Gasteiger charge is -2.37. The Bertz CT molecular complexity index is 590. The number of nitrogens with one attached hydrogen (secondary N) is 1. The van der Waals surface area contributed by atoms with E-state index in [1.807, 2.05) is 56.9 Å². The molecule has 1 fully saturated rings. The normalized spacial score (nSPS) is 21.3. The number of hydrogen-bond donors (Lipinski definition) is 1. The van der Waals surface area contributed by atoms with E-state index in [2.05, 4.69) is 12.2 Å². The minimum atomic E-state index is -0.505. The summed E-state index contributed by atoms with van der Waals surface area (Å²) in [7, 11) is 0. The highest BCUT2D eigenvalue weighted by molar-refractivity contribution is 5.94. The van der Waals surface area contributed by atoms with E-state index < -0.39 is 11.7 Å². The second-order valence-corrected chi connectivity index (χ2v) is 7.64. The first-order valence-electron chi connectivity index (χ1n) is 8.51. The van der Waals surface area contributed by atoms with Gasteiger partial charge in [0.15, 0.2) is 0 Å². The van der Waals surface area contributed by atoms with Gasteiger partial charge in [0.05, 0.1) is 0 Å². The predicted octanol–water partition coefficient (Wildman–Crippen LogP) is 3.37. The van der Waals surface area contributed by atoms with Gasteiger partial charge in [-0.1, -0.05) is 24.6 Å². The molecule has 1 aromatic rings. The van der Waals surface area contributed by atoms with Crippen LogP contribution in [0.2, 0.25) is 0 Å². The van der Waals surface area contributed by atoms with E-state index >= 15 is 0 Å². The van der Waals surface area contributed by atoms with Crippen LogP contribution in [0.25, 0.3) is 0 Å². The summed E-state index contributed by atoms with van der Waals surface area (Å²) in [4.78, 5) is 26.4. The first-order valence-corrected chi connectivity index (χ1v) is 8.51. The van der Waals surface area contributed by atoms with Crippen LogP contribution in [0.4, 0.5) is 4.79 Å². The van der Waals surface area contributed by atoms with Crippen LogP contribution < -0.4 is 5.32 Å². The second kappa shape index (κ2) is 7.24. The molecular formula is C19H28N2O3. The number of rotatable bonds is 2. The monoisotopic (exact) mass is 332 g/mol. The van der Waals surface area contributed by atoms with Gasteiger partial charge < -0.3 is 15.0 Å². The third-order valence-electron chi connectivity index (χ3n) is 4.19. The molecular weight excluding hydrogens is 304 g/mol. The van der Waals surface area contributed by atoms with E-state index in [-0.39, 0.29) is 17.9 Å². The average Bonchev–Trinajstić information content (AvgIpc) is 2.47. The van der Waals surface area contributed by atoms with Crippen LogP contribution in [0.3, 0.4) is 0 Å². The highest BCUT2D eigenvalue weighted by atomic mass is 16.6. The van der Waals surface area contributed by atoms with Crippen molar-refractivity contribution in [2.75, 3.05) is 13.1 Å². The summed E-state index contributed by atoms with van der Waals surface area (Å²) in [6.45, 7) is 10.9. The molecule has 1 saturated heterocycles. The number of ether oxygens (including phenoxy) is 1. The topological polar surface area (TPSA) is 58.6 Å². The van der Waals surface area contributed by atoms with Crippen molar-refractivity contribution in [3.05, 3.63) is 35.4 Å². The highest BCUT2D eigenvalue weighted by Gasteiger charge is 2.31. The van der Waals surface area contributed by atoms with Crippen LogP contribution in [0.5, 0.6) is 0 Å². The van der Waals surface area contributed by atoms with Gasteiger partial charge in [-0.2, -0.15) is 0 Å². The summed E-state index contributed by atoms with van der Waals surface area (Å²) < 4.78 is 5.31. The Balaban J connectivity index is 1.91. The molecule has 2 rings (SSSR count). The number of carbonyl (C=O) groups excluding carboxylic acids is 2. The maximum atomic E-state index is 12.6.